The summed E-state index contributed by atoms with van der Waals surface area (Å²) in [4.78, 5) is 33.9. The Balaban J connectivity index is 3.05. The van der Waals surface area contributed by atoms with E-state index in [1.165, 1.54) is 0 Å². The number of nitrogens with zero attached hydrogens (tertiary/aromatic N) is 2. The summed E-state index contributed by atoms with van der Waals surface area (Å²) >= 11 is 0. The van der Waals surface area contributed by atoms with E-state index in [1.54, 1.807) is 6.92 Å². The zero-order chi connectivity index (χ0) is 15.3. The van der Waals surface area contributed by atoms with Gasteiger partial charge in [0.15, 0.2) is 0 Å². The molecule has 7 heteroatoms. The normalized spacial score (nSPS) is 12.2. The summed E-state index contributed by atoms with van der Waals surface area (Å²) in [6.45, 7) is 5.76. The number of pyridine rings is 1. The van der Waals surface area contributed by atoms with Gasteiger partial charge in [-0.3, -0.25) is 19.5 Å². The first-order valence-corrected chi connectivity index (χ1v) is 6.40. The van der Waals surface area contributed by atoms with Crippen LogP contribution in [0.3, 0.4) is 0 Å². The van der Waals surface area contributed by atoms with Gasteiger partial charge in [0, 0.05) is 12.1 Å². The zero-order valence-electron chi connectivity index (χ0n) is 11.7. The van der Waals surface area contributed by atoms with E-state index in [0.29, 0.717) is 6.42 Å². The molecule has 1 aromatic heterocycles. The van der Waals surface area contributed by atoms with E-state index in [4.69, 9.17) is 4.74 Å². The number of rotatable bonds is 6. The molecule has 0 fully saturated rings. The molecule has 1 heterocycles. The van der Waals surface area contributed by atoms with E-state index in [0.717, 1.165) is 22.9 Å². The number of ether oxygens (including phenoxy) is 1. The summed E-state index contributed by atoms with van der Waals surface area (Å²) in [6.07, 6.45) is 1.39. The highest BCUT2D eigenvalue weighted by molar-refractivity contribution is 5.74. The van der Waals surface area contributed by atoms with E-state index >= 15 is 0 Å². The molecule has 1 aromatic rings. The van der Waals surface area contributed by atoms with Crippen molar-refractivity contribution in [2.24, 2.45) is 5.92 Å². The summed E-state index contributed by atoms with van der Waals surface area (Å²) in [7, 11) is 0. The van der Waals surface area contributed by atoms with Crippen molar-refractivity contribution in [2.45, 2.75) is 33.2 Å². The molecule has 0 radical (unpaired) electrons. The van der Waals surface area contributed by atoms with E-state index < -0.39 is 22.5 Å². The van der Waals surface area contributed by atoms with Crippen LogP contribution in [-0.2, 0) is 9.53 Å². The molecule has 0 saturated carbocycles. The molecule has 110 valence electrons. The van der Waals surface area contributed by atoms with Crippen molar-refractivity contribution in [1.82, 2.24) is 4.57 Å². The highest BCUT2D eigenvalue weighted by Crippen LogP contribution is 2.15. The fraction of sp³-hybridized carbons (Fsp3) is 0.538. The molecule has 1 rings (SSSR count). The van der Waals surface area contributed by atoms with Crippen LogP contribution in [0, 0.1) is 16.0 Å². The number of hydrogen-bond acceptors (Lipinski definition) is 5. The molecule has 0 aliphatic carbocycles. The maximum atomic E-state index is 12.0. The lowest BCUT2D eigenvalue weighted by Crippen LogP contribution is -2.30. The van der Waals surface area contributed by atoms with Crippen molar-refractivity contribution < 1.29 is 14.5 Å². The second kappa shape index (κ2) is 6.83. The highest BCUT2D eigenvalue weighted by Gasteiger charge is 2.23. The summed E-state index contributed by atoms with van der Waals surface area (Å²) in [5.74, 6) is -0.373. The monoisotopic (exact) mass is 282 g/mol. The van der Waals surface area contributed by atoms with Gasteiger partial charge in [0.05, 0.1) is 17.7 Å². The fourth-order valence-electron chi connectivity index (χ4n) is 1.67. The minimum absolute atomic E-state index is 0.179. The second-order valence-electron chi connectivity index (χ2n) is 4.84. The van der Waals surface area contributed by atoms with Crippen LogP contribution in [0.1, 0.15) is 33.2 Å². The molecule has 0 saturated heterocycles. The van der Waals surface area contributed by atoms with Crippen molar-refractivity contribution in [3.05, 3.63) is 38.8 Å². The summed E-state index contributed by atoms with van der Waals surface area (Å²) in [6, 6.07) is 1.35. The lowest BCUT2D eigenvalue weighted by atomic mass is 10.2. The summed E-state index contributed by atoms with van der Waals surface area (Å²) in [5.41, 5.74) is -0.705. The number of hydrogen-bond donors (Lipinski definition) is 0. The molecule has 0 N–H and O–H groups in total. The van der Waals surface area contributed by atoms with Crippen LogP contribution in [0.2, 0.25) is 0 Å². The van der Waals surface area contributed by atoms with Gasteiger partial charge >= 0.3 is 5.97 Å². The smallest absolute Gasteiger partial charge is 0.329 e. The van der Waals surface area contributed by atoms with Crippen molar-refractivity contribution >= 4 is 11.7 Å². The van der Waals surface area contributed by atoms with Gasteiger partial charge in [-0.05, 0) is 12.3 Å². The Bertz CT molecular complexity index is 550. The molecule has 7 nitrogen and oxygen atoms in total. The van der Waals surface area contributed by atoms with Gasteiger partial charge in [-0.15, -0.1) is 0 Å². The number of carbonyl (C=O) groups excluding carboxylic acids is 1. The minimum Gasteiger partial charge on any atom is -0.464 e. The Morgan fingerprint density at radius 2 is 2.10 bits per heavy atom. The van der Waals surface area contributed by atoms with Crippen LogP contribution in [-0.4, -0.2) is 22.1 Å². The maximum absolute atomic E-state index is 12.0. The third-order valence-corrected chi connectivity index (χ3v) is 2.69. The molecule has 0 spiro atoms. The van der Waals surface area contributed by atoms with Crippen molar-refractivity contribution in [1.29, 1.82) is 0 Å². The van der Waals surface area contributed by atoms with Crippen LogP contribution in [0.15, 0.2) is 23.1 Å². The van der Waals surface area contributed by atoms with Gasteiger partial charge in [-0.25, -0.2) is 4.79 Å². The van der Waals surface area contributed by atoms with Crippen molar-refractivity contribution in [3.63, 3.8) is 0 Å². The number of carbonyl (C=O) groups is 1. The topological polar surface area (TPSA) is 91.4 Å². The maximum Gasteiger partial charge on any atom is 0.329 e. The molecular formula is C13H18N2O5. The third kappa shape index (κ3) is 3.91. The average molecular weight is 282 g/mol. The average Bonchev–Trinajstić information content (AvgIpc) is 2.39. The third-order valence-electron chi connectivity index (χ3n) is 2.69. The van der Waals surface area contributed by atoms with Gasteiger partial charge in [0.2, 0.25) is 0 Å². The summed E-state index contributed by atoms with van der Waals surface area (Å²) in [5, 5.41) is 10.7. The van der Waals surface area contributed by atoms with E-state index in [1.807, 2.05) is 13.8 Å². The number of aromatic nitrogens is 1. The van der Waals surface area contributed by atoms with E-state index in [2.05, 4.69) is 0 Å². The van der Waals surface area contributed by atoms with Crippen molar-refractivity contribution in [2.75, 3.05) is 6.61 Å². The van der Waals surface area contributed by atoms with E-state index in [9.17, 15) is 19.7 Å². The molecule has 0 bridgehead atoms. The van der Waals surface area contributed by atoms with Gasteiger partial charge in [0.1, 0.15) is 6.04 Å². The van der Waals surface area contributed by atoms with Crippen LogP contribution in [0.25, 0.3) is 0 Å². The standard InChI is InChI=1S/C13H18N2O5/c1-4-11(13(17)20-8-9(2)3)14-7-10(15(18)19)5-6-12(14)16/h5-7,9,11H,4,8H2,1-3H3. The summed E-state index contributed by atoms with van der Waals surface area (Å²) < 4.78 is 6.15. The molecule has 1 atom stereocenters. The Morgan fingerprint density at radius 1 is 1.45 bits per heavy atom. The lowest BCUT2D eigenvalue weighted by molar-refractivity contribution is -0.385. The Kier molecular flexibility index (Phi) is 5.42. The molecule has 0 aromatic carbocycles. The predicted octanol–water partition coefficient (Wildman–Crippen LogP) is 1.91. The highest BCUT2D eigenvalue weighted by atomic mass is 16.6. The van der Waals surface area contributed by atoms with Crippen LogP contribution in [0.4, 0.5) is 5.69 Å². The first kappa shape index (κ1) is 15.9. The SMILES string of the molecule is CCC(C(=O)OCC(C)C)n1cc([N+](=O)[O-])ccc1=O. The van der Waals surface area contributed by atoms with Crippen LogP contribution >= 0.6 is 0 Å². The quantitative estimate of drug-likeness (QED) is 0.451. The predicted molar refractivity (Wildman–Crippen MR) is 72.5 cm³/mol. The largest absolute Gasteiger partial charge is 0.464 e. The molecule has 20 heavy (non-hydrogen) atoms. The zero-order valence-corrected chi connectivity index (χ0v) is 11.7. The van der Waals surface area contributed by atoms with Gasteiger partial charge in [-0.1, -0.05) is 20.8 Å². The first-order valence-electron chi connectivity index (χ1n) is 6.40. The number of esters is 1. The van der Waals surface area contributed by atoms with Gasteiger partial charge < -0.3 is 4.74 Å². The first-order chi connectivity index (χ1) is 9.36. The fourth-order valence-corrected chi connectivity index (χ4v) is 1.67. The molecule has 0 amide bonds. The molecule has 1 unspecified atom stereocenters. The lowest BCUT2D eigenvalue weighted by Gasteiger charge is -2.17. The second-order valence-corrected chi connectivity index (χ2v) is 4.84. The Hall–Kier alpha value is -2.18. The van der Waals surface area contributed by atoms with Gasteiger partial charge in [-0.2, -0.15) is 0 Å². The molecule has 0 aliphatic heterocycles. The Morgan fingerprint density at radius 3 is 2.60 bits per heavy atom. The van der Waals surface area contributed by atoms with Crippen LogP contribution < -0.4 is 5.56 Å². The van der Waals surface area contributed by atoms with Crippen molar-refractivity contribution in [3.8, 4) is 0 Å². The van der Waals surface area contributed by atoms with E-state index in [-0.39, 0.29) is 18.2 Å². The minimum atomic E-state index is -0.846. The van der Waals surface area contributed by atoms with Crippen LogP contribution in [0.5, 0.6) is 0 Å². The Labute approximate surface area is 116 Å². The number of nitro groups is 1. The van der Waals surface area contributed by atoms with Gasteiger partial charge in [0.25, 0.3) is 11.2 Å². The molecular weight excluding hydrogens is 264 g/mol. The molecule has 0 aliphatic rings.